The Bertz CT molecular complexity index is 2500. The summed E-state index contributed by atoms with van der Waals surface area (Å²) in [6.45, 7) is 0. The molecule has 8 N–H and O–H groups in total. The standard InChI is InChI=1S/C35H26N4O11S2/c40-29-15-23-13-27(9-7-19(23)17-31(29)51(45,46)47)36-33(42)21-3-1-5-25(11-21)38-35(44)39-26-6-2-4-22(12-26)34(43)37-28-10-8-20-18-32(52(48,49)50)30(41)16-24(20)14-28/h1-18,40-41H,(H,36,42)(H,37,43)(H2,38,39,44)(H,45,46,47)(H,48,49,50). The summed E-state index contributed by atoms with van der Waals surface area (Å²) in [6.07, 6.45) is 0. The third kappa shape index (κ3) is 7.92. The van der Waals surface area contributed by atoms with Crippen molar-refractivity contribution in [2.45, 2.75) is 9.79 Å². The van der Waals surface area contributed by atoms with Crippen LogP contribution in [0.3, 0.4) is 0 Å². The SMILES string of the molecule is O=C(Nc1cccc(C(=O)Nc2ccc3cc(S(=O)(=O)O)c(O)cc3c2)c1)Nc1cccc(C(=O)Nc2ccc3cc(S(=O)(=O)O)c(O)cc3c2)c1. The van der Waals surface area contributed by atoms with Crippen LogP contribution in [0.5, 0.6) is 11.5 Å². The highest BCUT2D eigenvalue weighted by Crippen LogP contribution is 2.32. The van der Waals surface area contributed by atoms with Crippen LogP contribution in [0.25, 0.3) is 21.5 Å². The molecular weight excluding hydrogens is 717 g/mol. The molecule has 0 unspecified atom stereocenters. The summed E-state index contributed by atoms with van der Waals surface area (Å²) in [7, 11) is -9.28. The van der Waals surface area contributed by atoms with Gasteiger partial charge in [0.05, 0.1) is 0 Å². The number of rotatable bonds is 8. The van der Waals surface area contributed by atoms with E-state index in [0.29, 0.717) is 32.9 Å². The second kappa shape index (κ2) is 13.6. The number of anilines is 4. The molecule has 0 saturated heterocycles. The molecule has 264 valence electrons. The zero-order valence-electron chi connectivity index (χ0n) is 26.4. The Morgan fingerprint density at radius 3 is 1.21 bits per heavy atom. The van der Waals surface area contributed by atoms with Gasteiger partial charge in [-0.15, -0.1) is 0 Å². The van der Waals surface area contributed by atoms with E-state index < -0.39 is 59.4 Å². The number of carbonyl (C=O) groups is 3. The molecule has 6 aromatic rings. The molecule has 0 aliphatic carbocycles. The van der Waals surface area contributed by atoms with E-state index in [9.17, 15) is 50.5 Å². The topological polar surface area (TPSA) is 249 Å². The van der Waals surface area contributed by atoms with E-state index in [2.05, 4.69) is 21.3 Å². The second-order valence-corrected chi connectivity index (χ2v) is 14.1. The summed E-state index contributed by atoms with van der Waals surface area (Å²) in [5.41, 5.74) is 1.56. The molecule has 6 aromatic carbocycles. The molecule has 0 aliphatic heterocycles. The number of nitrogens with one attached hydrogen (secondary N) is 4. The van der Waals surface area contributed by atoms with Crippen LogP contribution in [0.4, 0.5) is 27.5 Å². The van der Waals surface area contributed by atoms with Crippen LogP contribution in [0.15, 0.2) is 119 Å². The lowest BCUT2D eigenvalue weighted by Crippen LogP contribution is -2.20. The Balaban J connectivity index is 1.09. The quantitative estimate of drug-likeness (QED) is 0.0834. The molecule has 0 spiro atoms. The Hall–Kier alpha value is -6.53. The van der Waals surface area contributed by atoms with Gasteiger partial charge in [0.1, 0.15) is 21.3 Å². The van der Waals surface area contributed by atoms with E-state index in [1.165, 1.54) is 60.7 Å². The first-order valence-electron chi connectivity index (χ1n) is 14.9. The van der Waals surface area contributed by atoms with Crippen molar-refractivity contribution in [1.82, 2.24) is 0 Å². The maximum absolute atomic E-state index is 13.0. The summed E-state index contributed by atoms with van der Waals surface area (Å²) in [6, 6.07) is 24.9. The third-order valence-electron chi connectivity index (χ3n) is 7.67. The smallest absolute Gasteiger partial charge is 0.323 e. The predicted molar refractivity (Wildman–Crippen MR) is 192 cm³/mol. The molecule has 6 rings (SSSR count). The number of amides is 4. The van der Waals surface area contributed by atoms with Crippen molar-refractivity contribution in [2.24, 2.45) is 0 Å². The molecule has 0 bridgehead atoms. The lowest BCUT2D eigenvalue weighted by molar-refractivity contribution is 0.101. The van der Waals surface area contributed by atoms with Gasteiger partial charge >= 0.3 is 6.03 Å². The molecule has 0 radical (unpaired) electrons. The van der Waals surface area contributed by atoms with Crippen molar-refractivity contribution in [3.63, 3.8) is 0 Å². The Labute approximate surface area is 295 Å². The predicted octanol–water partition coefficient (Wildman–Crippen LogP) is 6.05. The van der Waals surface area contributed by atoms with Gasteiger partial charge in [0.15, 0.2) is 0 Å². The fraction of sp³-hybridized carbons (Fsp3) is 0. The lowest BCUT2D eigenvalue weighted by Gasteiger charge is -2.12. The fourth-order valence-corrected chi connectivity index (χ4v) is 6.47. The first kappa shape index (κ1) is 35.3. The van der Waals surface area contributed by atoms with Crippen LogP contribution >= 0.6 is 0 Å². The number of hydrogen-bond donors (Lipinski definition) is 8. The van der Waals surface area contributed by atoms with E-state index >= 15 is 0 Å². The largest absolute Gasteiger partial charge is 0.506 e. The summed E-state index contributed by atoms with van der Waals surface area (Å²) in [4.78, 5) is 37.6. The number of hydrogen-bond acceptors (Lipinski definition) is 9. The zero-order chi connectivity index (χ0) is 37.4. The molecule has 4 amide bonds. The normalized spacial score (nSPS) is 11.6. The molecule has 15 nitrogen and oxygen atoms in total. The van der Waals surface area contributed by atoms with Crippen molar-refractivity contribution in [2.75, 3.05) is 21.3 Å². The fourth-order valence-electron chi connectivity index (χ4n) is 5.27. The number of aromatic hydroxyl groups is 2. The molecule has 0 aliphatic rings. The first-order chi connectivity index (χ1) is 24.5. The Morgan fingerprint density at radius 2 is 0.827 bits per heavy atom. The molecule has 17 heteroatoms. The van der Waals surface area contributed by atoms with E-state index in [1.807, 2.05) is 0 Å². The van der Waals surface area contributed by atoms with Crippen LogP contribution in [0, 0.1) is 0 Å². The van der Waals surface area contributed by atoms with Crippen LogP contribution in [-0.4, -0.2) is 54.0 Å². The van der Waals surface area contributed by atoms with E-state index in [4.69, 9.17) is 0 Å². The maximum atomic E-state index is 13.0. The molecule has 0 heterocycles. The van der Waals surface area contributed by atoms with Crippen LogP contribution in [0.1, 0.15) is 20.7 Å². The molecule has 0 aromatic heterocycles. The van der Waals surface area contributed by atoms with Gasteiger partial charge in [-0.25, -0.2) is 4.79 Å². The monoisotopic (exact) mass is 742 g/mol. The highest BCUT2D eigenvalue weighted by atomic mass is 32.2. The van der Waals surface area contributed by atoms with E-state index in [0.717, 1.165) is 24.3 Å². The Kier molecular flexibility index (Phi) is 9.26. The van der Waals surface area contributed by atoms with Crippen molar-refractivity contribution in [1.29, 1.82) is 0 Å². The molecule has 0 fully saturated rings. The third-order valence-corrected chi connectivity index (χ3v) is 9.44. The van der Waals surface area contributed by atoms with Crippen molar-refractivity contribution >= 4 is 82.4 Å². The average Bonchev–Trinajstić information content (AvgIpc) is 3.06. The summed E-state index contributed by atoms with van der Waals surface area (Å²) >= 11 is 0. The van der Waals surface area contributed by atoms with Crippen molar-refractivity contribution < 1.29 is 50.5 Å². The van der Waals surface area contributed by atoms with Gasteiger partial charge in [0, 0.05) is 33.9 Å². The minimum Gasteiger partial charge on any atom is -0.506 e. The van der Waals surface area contributed by atoms with Crippen LogP contribution in [0.2, 0.25) is 0 Å². The lowest BCUT2D eigenvalue weighted by atomic mass is 10.1. The summed E-state index contributed by atoms with van der Waals surface area (Å²) in [5, 5.41) is 32.3. The van der Waals surface area contributed by atoms with Gasteiger partial charge in [-0.1, -0.05) is 24.3 Å². The average molecular weight is 743 g/mol. The zero-order valence-corrected chi connectivity index (χ0v) is 28.0. The summed E-state index contributed by atoms with van der Waals surface area (Å²) in [5.74, 6) is -2.38. The number of phenols is 2. The minimum atomic E-state index is -4.64. The Morgan fingerprint density at radius 1 is 0.442 bits per heavy atom. The number of carbonyl (C=O) groups excluding carboxylic acids is 3. The van der Waals surface area contributed by atoms with Gasteiger partial charge in [-0.3, -0.25) is 18.7 Å². The highest BCUT2D eigenvalue weighted by molar-refractivity contribution is 7.86. The maximum Gasteiger partial charge on any atom is 0.323 e. The second-order valence-electron chi connectivity index (χ2n) is 11.4. The highest BCUT2D eigenvalue weighted by Gasteiger charge is 2.18. The number of urea groups is 1. The molecule has 0 saturated carbocycles. The van der Waals surface area contributed by atoms with Crippen molar-refractivity contribution in [3.8, 4) is 11.5 Å². The van der Waals surface area contributed by atoms with E-state index in [1.54, 1.807) is 24.3 Å². The molecule has 52 heavy (non-hydrogen) atoms. The van der Waals surface area contributed by atoms with E-state index in [-0.39, 0.29) is 22.5 Å². The first-order valence-corrected chi connectivity index (χ1v) is 17.8. The van der Waals surface area contributed by atoms with Crippen LogP contribution < -0.4 is 21.3 Å². The summed E-state index contributed by atoms with van der Waals surface area (Å²) < 4.78 is 64.5. The van der Waals surface area contributed by atoms with Gasteiger partial charge in [0.2, 0.25) is 0 Å². The molecule has 0 atom stereocenters. The van der Waals surface area contributed by atoms with Gasteiger partial charge in [-0.2, -0.15) is 16.8 Å². The number of benzene rings is 6. The number of phenolic OH excluding ortho intramolecular Hbond substituents is 2. The van der Waals surface area contributed by atoms with Gasteiger partial charge in [-0.05, 0) is 106 Å². The van der Waals surface area contributed by atoms with Gasteiger partial charge in [0.25, 0.3) is 32.1 Å². The van der Waals surface area contributed by atoms with Crippen molar-refractivity contribution in [3.05, 3.63) is 120 Å². The van der Waals surface area contributed by atoms with Gasteiger partial charge < -0.3 is 31.5 Å². The number of fused-ring (bicyclic) bond motifs is 2. The van der Waals surface area contributed by atoms with Crippen LogP contribution in [-0.2, 0) is 20.2 Å². The molecular formula is C35H26N4O11S2. The minimum absolute atomic E-state index is 0.184.